The number of esters is 1. The Morgan fingerprint density at radius 1 is 1.15 bits per heavy atom. The van der Waals surface area contributed by atoms with Crippen LogP contribution in [0.2, 0.25) is 0 Å². The molecule has 5 fully saturated rings. The van der Waals surface area contributed by atoms with Crippen LogP contribution in [0.4, 0.5) is 0 Å². The first-order valence-electron chi connectivity index (χ1n) is 10.8. The summed E-state index contributed by atoms with van der Waals surface area (Å²) in [4.78, 5) is 17.7. The van der Waals surface area contributed by atoms with Crippen LogP contribution in [0.25, 0.3) is 0 Å². The van der Waals surface area contributed by atoms with E-state index in [4.69, 9.17) is 9.47 Å². The van der Waals surface area contributed by atoms with Crippen LogP contribution in [0.3, 0.4) is 0 Å². The maximum atomic E-state index is 12.7. The molecule has 0 aromatic heterocycles. The molecule has 6 atom stereocenters. The largest absolute Gasteiger partial charge is 0.462 e. The maximum Gasteiger partial charge on any atom is 0.310 e. The predicted octanol–water partition coefficient (Wildman–Crippen LogP) is 2.15. The molecule has 26 heavy (non-hydrogen) atoms. The standard InChI is InChI=1S/C21H34N2O3/c1-3-22-7-9-23(10-8-22)13-16-15-11-18-20(2,12-17(15)26-19(16)24)5-4-6-21(18)14-25-21/h15-18H,3-14H2,1-2H3/t15-,16+,17-,18+,20-,21+/m1/s1. The molecule has 3 aliphatic heterocycles. The van der Waals surface area contributed by atoms with Crippen molar-refractivity contribution in [1.82, 2.24) is 9.80 Å². The fraction of sp³-hybridized carbons (Fsp3) is 0.952. The normalized spacial score (nSPS) is 48.9. The van der Waals surface area contributed by atoms with Gasteiger partial charge in [-0.1, -0.05) is 13.8 Å². The van der Waals surface area contributed by atoms with Gasteiger partial charge in [0.25, 0.3) is 0 Å². The zero-order valence-corrected chi connectivity index (χ0v) is 16.4. The van der Waals surface area contributed by atoms with E-state index in [1.54, 1.807) is 0 Å². The Bertz CT molecular complexity index is 570. The Balaban J connectivity index is 1.30. The van der Waals surface area contributed by atoms with Gasteiger partial charge in [0.15, 0.2) is 0 Å². The second kappa shape index (κ2) is 6.18. The molecule has 0 aromatic rings. The minimum Gasteiger partial charge on any atom is -0.462 e. The van der Waals surface area contributed by atoms with Crippen LogP contribution in [-0.2, 0) is 14.3 Å². The van der Waals surface area contributed by atoms with Gasteiger partial charge in [0, 0.05) is 38.6 Å². The van der Waals surface area contributed by atoms with Crippen LogP contribution in [0.5, 0.6) is 0 Å². The molecular weight excluding hydrogens is 328 g/mol. The number of carbonyl (C=O) groups excluding carboxylic acids is 1. The lowest BCUT2D eigenvalue weighted by Gasteiger charge is -2.51. The Kier molecular flexibility index (Phi) is 4.15. The van der Waals surface area contributed by atoms with E-state index in [1.807, 2.05) is 0 Å². The first-order chi connectivity index (χ1) is 12.5. The quantitative estimate of drug-likeness (QED) is 0.569. The monoisotopic (exact) mass is 362 g/mol. The second-order valence-corrected chi connectivity index (χ2v) is 9.83. The summed E-state index contributed by atoms with van der Waals surface area (Å²) in [6.45, 7) is 12.1. The molecule has 0 bridgehead atoms. The van der Waals surface area contributed by atoms with E-state index in [1.165, 1.54) is 19.3 Å². The molecule has 0 aromatic carbocycles. The van der Waals surface area contributed by atoms with E-state index in [2.05, 4.69) is 23.6 Å². The lowest BCUT2D eigenvalue weighted by molar-refractivity contribution is -0.147. The summed E-state index contributed by atoms with van der Waals surface area (Å²) >= 11 is 0. The first kappa shape index (κ1) is 17.4. The van der Waals surface area contributed by atoms with Crippen LogP contribution < -0.4 is 0 Å². The Labute approximate surface area is 157 Å². The van der Waals surface area contributed by atoms with E-state index in [9.17, 15) is 4.79 Å². The third-order valence-electron chi connectivity index (χ3n) is 8.45. The van der Waals surface area contributed by atoms with Crippen LogP contribution in [0.1, 0.15) is 46.0 Å². The summed E-state index contributed by atoms with van der Waals surface area (Å²) in [6, 6.07) is 0. The number of hydrogen-bond donors (Lipinski definition) is 0. The van der Waals surface area contributed by atoms with Gasteiger partial charge in [0.2, 0.25) is 0 Å². The zero-order valence-electron chi connectivity index (χ0n) is 16.4. The van der Waals surface area contributed by atoms with Gasteiger partial charge in [-0.2, -0.15) is 0 Å². The van der Waals surface area contributed by atoms with Crippen molar-refractivity contribution >= 4 is 5.97 Å². The summed E-state index contributed by atoms with van der Waals surface area (Å²) in [7, 11) is 0. The Hall–Kier alpha value is -0.650. The third-order valence-corrected chi connectivity index (χ3v) is 8.45. The predicted molar refractivity (Wildman–Crippen MR) is 98.8 cm³/mol. The van der Waals surface area contributed by atoms with Crippen LogP contribution in [-0.4, -0.2) is 73.3 Å². The average Bonchev–Trinajstić information content (AvgIpc) is 3.33. The molecule has 3 saturated heterocycles. The van der Waals surface area contributed by atoms with Crippen molar-refractivity contribution in [1.29, 1.82) is 0 Å². The van der Waals surface area contributed by atoms with Crippen molar-refractivity contribution in [3.63, 3.8) is 0 Å². The minimum absolute atomic E-state index is 0.0749. The highest BCUT2D eigenvalue weighted by Crippen LogP contribution is 2.62. The van der Waals surface area contributed by atoms with Crippen molar-refractivity contribution < 1.29 is 14.3 Å². The molecule has 5 heteroatoms. The van der Waals surface area contributed by atoms with E-state index >= 15 is 0 Å². The molecule has 0 amide bonds. The maximum absolute atomic E-state index is 12.7. The molecule has 2 saturated carbocycles. The molecule has 0 N–H and O–H groups in total. The number of piperazine rings is 1. The Morgan fingerprint density at radius 2 is 1.88 bits per heavy atom. The van der Waals surface area contributed by atoms with Gasteiger partial charge in [0.1, 0.15) is 6.10 Å². The van der Waals surface area contributed by atoms with Crippen molar-refractivity contribution in [2.45, 2.75) is 57.7 Å². The fourth-order valence-electron chi connectivity index (χ4n) is 6.73. The van der Waals surface area contributed by atoms with Gasteiger partial charge in [-0.3, -0.25) is 9.69 Å². The van der Waals surface area contributed by atoms with Gasteiger partial charge >= 0.3 is 5.97 Å². The van der Waals surface area contributed by atoms with Gasteiger partial charge in [0.05, 0.1) is 18.1 Å². The van der Waals surface area contributed by atoms with Crippen LogP contribution in [0, 0.1) is 23.2 Å². The molecule has 1 spiro atoms. The van der Waals surface area contributed by atoms with Gasteiger partial charge in [-0.15, -0.1) is 0 Å². The molecule has 5 rings (SSSR count). The summed E-state index contributed by atoms with van der Waals surface area (Å²) in [5.41, 5.74) is 0.457. The van der Waals surface area contributed by atoms with E-state index in [0.29, 0.717) is 17.3 Å². The average molecular weight is 363 g/mol. The number of nitrogens with zero attached hydrogens (tertiary/aromatic N) is 2. The van der Waals surface area contributed by atoms with E-state index < -0.39 is 0 Å². The third kappa shape index (κ3) is 2.73. The molecule has 0 radical (unpaired) electrons. The molecule has 5 nitrogen and oxygen atoms in total. The summed E-state index contributed by atoms with van der Waals surface area (Å²) < 4.78 is 12.0. The van der Waals surface area contributed by atoms with Gasteiger partial charge in [-0.25, -0.2) is 0 Å². The molecule has 5 aliphatic rings. The number of rotatable bonds is 3. The van der Waals surface area contributed by atoms with Crippen LogP contribution >= 0.6 is 0 Å². The number of carbonyl (C=O) groups is 1. The zero-order chi connectivity index (χ0) is 17.9. The number of ether oxygens (including phenoxy) is 2. The molecule has 146 valence electrons. The van der Waals surface area contributed by atoms with Gasteiger partial charge < -0.3 is 14.4 Å². The first-order valence-corrected chi connectivity index (χ1v) is 10.8. The Morgan fingerprint density at radius 3 is 2.58 bits per heavy atom. The molecule has 3 heterocycles. The highest BCUT2D eigenvalue weighted by Gasteiger charge is 2.65. The smallest absolute Gasteiger partial charge is 0.310 e. The number of hydrogen-bond acceptors (Lipinski definition) is 5. The van der Waals surface area contributed by atoms with Crippen molar-refractivity contribution in [3.05, 3.63) is 0 Å². The van der Waals surface area contributed by atoms with Gasteiger partial charge in [-0.05, 0) is 50.0 Å². The summed E-state index contributed by atoms with van der Waals surface area (Å²) in [5.74, 6) is 1.18. The lowest BCUT2D eigenvalue weighted by atomic mass is 9.53. The number of fused-ring (bicyclic) bond motifs is 3. The van der Waals surface area contributed by atoms with Crippen molar-refractivity contribution in [2.75, 3.05) is 45.9 Å². The van der Waals surface area contributed by atoms with Crippen molar-refractivity contribution in [2.24, 2.45) is 23.2 Å². The minimum atomic E-state index is 0.0749. The second-order valence-electron chi connectivity index (χ2n) is 9.83. The number of epoxide rings is 1. The highest BCUT2D eigenvalue weighted by atomic mass is 16.6. The van der Waals surface area contributed by atoms with E-state index in [-0.39, 0.29) is 23.6 Å². The number of likely N-dealkylation sites (N-methyl/N-ethyl adjacent to an activating group) is 1. The fourth-order valence-corrected chi connectivity index (χ4v) is 6.73. The summed E-state index contributed by atoms with van der Waals surface area (Å²) in [5, 5.41) is 0. The molecule has 0 unspecified atom stereocenters. The van der Waals surface area contributed by atoms with Crippen LogP contribution in [0.15, 0.2) is 0 Å². The topological polar surface area (TPSA) is 45.3 Å². The highest BCUT2D eigenvalue weighted by molar-refractivity contribution is 5.75. The summed E-state index contributed by atoms with van der Waals surface area (Å²) in [6.07, 6.45) is 6.10. The van der Waals surface area contributed by atoms with E-state index in [0.717, 1.165) is 58.7 Å². The molecular formula is C21H34N2O3. The lowest BCUT2D eigenvalue weighted by Crippen LogP contribution is -2.52. The van der Waals surface area contributed by atoms with Crippen molar-refractivity contribution in [3.8, 4) is 0 Å². The SMILES string of the molecule is CCN1CCN(C[C@@H]2C(=O)O[C@@H]3C[C@@]4(C)CCC[C@]5(CO5)[C@H]4C[C@H]23)CC1. The molecule has 2 aliphatic carbocycles.